The van der Waals surface area contributed by atoms with Crippen molar-refractivity contribution in [1.29, 1.82) is 0 Å². The van der Waals surface area contributed by atoms with Gasteiger partial charge in [0.05, 0.1) is 34.2 Å². The van der Waals surface area contributed by atoms with Gasteiger partial charge in [-0.3, -0.25) is 29.5 Å². The Bertz CT molecular complexity index is 2250. The van der Waals surface area contributed by atoms with Crippen molar-refractivity contribution in [3.05, 3.63) is 89.1 Å². The number of fused-ring (bicyclic) bond motifs is 2. The lowest BCUT2D eigenvalue weighted by Gasteiger charge is -2.37. The molecule has 54 heavy (non-hydrogen) atoms. The van der Waals surface area contributed by atoms with Crippen LogP contribution in [0.3, 0.4) is 0 Å². The zero-order valence-electron chi connectivity index (χ0n) is 29.3. The molecule has 2 N–H and O–H groups in total. The molecule has 2 aliphatic heterocycles. The fourth-order valence-corrected chi connectivity index (χ4v) is 8.41. The molecule has 1 aliphatic carbocycles. The van der Waals surface area contributed by atoms with Crippen LogP contribution in [0, 0.1) is 5.92 Å². The summed E-state index contributed by atoms with van der Waals surface area (Å²) in [5.74, 6) is -0.0646. The minimum atomic E-state index is -4.66. The zero-order chi connectivity index (χ0) is 37.6. The van der Waals surface area contributed by atoms with Gasteiger partial charge in [-0.2, -0.15) is 18.3 Å². The molecule has 1 saturated carbocycles. The van der Waals surface area contributed by atoms with Gasteiger partial charge in [0.1, 0.15) is 11.4 Å². The molecule has 5 aromatic rings. The fraction of sp³-hybridized carbons (Fsp3) is 0.385. The van der Waals surface area contributed by atoms with Crippen molar-refractivity contribution in [2.75, 3.05) is 36.4 Å². The van der Waals surface area contributed by atoms with E-state index in [9.17, 15) is 27.6 Å². The van der Waals surface area contributed by atoms with E-state index in [4.69, 9.17) is 16.7 Å². The third-order valence-corrected chi connectivity index (χ3v) is 11.3. The van der Waals surface area contributed by atoms with Crippen molar-refractivity contribution in [3.63, 3.8) is 0 Å². The van der Waals surface area contributed by atoms with Crippen molar-refractivity contribution in [1.82, 2.24) is 30.0 Å². The number of hydrogen-bond acceptors (Lipinski definition) is 7. The molecule has 0 radical (unpaired) electrons. The highest BCUT2D eigenvalue weighted by Crippen LogP contribution is 2.39. The quantitative estimate of drug-likeness (QED) is 0.173. The van der Waals surface area contributed by atoms with Crippen LogP contribution in [0.2, 0.25) is 5.02 Å². The highest BCUT2D eigenvalue weighted by atomic mass is 35.5. The maximum absolute atomic E-state index is 13.1. The van der Waals surface area contributed by atoms with Gasteiger partial charge >= 0.3 is 12.2 Å². The maximum Gasteiger partial charge on any atom is 0.433 e. The molecule has 280 valence electrons. The first-order valence-corrected chi connectivity index (χ1v) is 18.6. The Labute approximate surface area is 313 Å². The van der Waals surface area contributed by atoms with Crippen LogP contribution < -0.4 is 15.5 Å². The monoisotopic (exact) mass is 758 g/mol. The molecule has 3 aromatic heterocycles. The summed E-state index contributed by atoms with van der Waals surface area (Å²) in [5, 5.41) is 12.8. The van der Waals surface area contributed by atoms with Gasteiger partial charge < -0.3 is 10.2 Å². The van der Waals surface area contributed by atoms with E-state index in [-0.39, 0.29) is 34.8 Å². The highest BCUT2D eigenvalue weighted by molar-refractivity contribution is 6.34. The Hall–Kier alpha value is -5.08. The number of aromatic nitrogens is 4. The van der Waals surface area contributed by atoms with E-state index in [0.717, 1.165) is 92.1 Å². The highest BCUT2D eigenvalue weighted by Gasteiger charge is 2.33. The van der Waals surface area contributed by atoms with E-state index >= 15 is 0 Å². The number of urea groups is 1. The second-order valence-electron chi connectivity index (χ2n) is 14.5. The Morgan fingerprint density at radius 1 is 0.944 bits per heavy atom. The van der Waals surface area contributed by atoms with E-state index in [2.05, 4.69) is 37.6 Å². The largest absolute Gasteiger partial charge is 0.433 e. The smallest absolute Gasteiger partial charge is 0.319 e. The number of halogens is 4. The van der Waals surface area contributed by atoms with Crippen LogP contribution in [0.25, 0.3) is 21.7 Å². The number of anilines is 2. The lowest BCUT2D eigenvalue weighted by atomic mass is 9.84. The molecule has 4 amide bonds. The molecule has 8 rings (SSSR count). The van der Waals surface area contributed by atoms with Crippen LogP contribution in [0.15, 0.2) is 67.1 Å². The molecular weight excluding hydrogens is 721 g/mol. The summed E-state index contributed by atoms with van der Waals surface area (Å²) in [6.07, 6.45) is 7.36. The van der Waals surface area contributed by atoms with E-state index in [0.29, 0.717) is 23.9 Å². The number of amides is 4. The van der Waals surface area contributed by atoms with Gasteiger partial charge in [-0.1, -0.05) is 35.9 Å². The van der Waals surface area contributed by atoms with Crippen molar-refractivity contribution in [3.8, 4) is 0 Å². The molecule has 2 saturated heterocycles. The van der Waals surface area contributed by atoms with E-state index in [1.54, 1.807) is 23.2 Å². The summed E-state index contributed by atoms with van der Waals surface area (Å²) in [4.78, 5) is 49.2. The molecule has 11 nitrogen and oxygen atoms in total. The van der Waals surface area contributed by atoms with Crippen LogP contribution in [-0.4, -0.2) is 68.7 Å². The average molecular weight is 759 g/mol. The van der Waals surface area contributed by atoms with Crippen LogP contribution in [0.4, 0.5) is 29.3 Å². The molecule has 3 aliphatic rings. The lowest BCUT2D eigenvalue weighted by molar-refractivity contribution is -0.141. The van der Waals surface area contributed by atoms with Crippen LogP contribution in [0.1, 0.15) is 78.7 Å². The minimum absolute atomic E-state index is 0.229. The van der Waals surface area contributed by atoms with Crippen LogP contribution >= 0.6 is 11.6 Å². The number of nitrogens with zero attached hydrogens (tertiary/aromatic N) is 6. The number of carbonyl (C=O) groups excluding carboxylic acids is 3. The number of imide groups is 1. The van der Waals surface area contributed by atoms with Crippen molar-refractivity contribution in [2.24, 2.45) is 5.92 Å². The van der Waals surface area contributed by atoms with Gasteiger partial charge in [-0.15, -0.1) is 0 Å². The first kappa shape index (κ1) is 35.9. The normalized spacial score (nSPS) is 20.4. The van der Waals surface area contributed by atoms with E-state index in [1.807, 2.05) is 23.1 Å². The summed E-state index contributed by atoms with van der Waals surface area (Å²) < 4.78 is 41.3. The van der Waals surface area contributed by atoms with Gasteiger partial charge in [-0.25, -0.2) is 9.78 Å². The standard InChI is InChI=1S/C39H38ClF3N8O3/c40-30-18-32-25(17-33(30)46-37(53)31-5-2-6-35(45-31)39(41,42)43)22-51(48-32)26-9-7-23(8-10-26)21-49-14-11-24(12-15-49)27-3-1-4-28-29(27)19-44-20-34(28)50-16-13-36(52)47-38(50)54/h1-6,17-20,22-24,26H,7-16,21H2,(H,46,53)(H,47,52,54). The fourth-order valence-electron chi connectivity index (χ4n) is 8.20. The predicted octanol–water partition coefficient (Wildman–Crippen LogP) is 7.96. The van der Waals surface area contributed by atoms with Crippen molar-refractivity contribution in [2.45, 2.75) is 63.1 Å². The third-order valence-electron chi connectivity index (χ3n) is 11.0. The number of piperidine rings is 1. The van der Waals surface area contributed by atoms with Crippen LogP contribution in [0.5, 0.6) is 0 Å². The zero-order valence-corrected chi connectivity index (χ0v) is 30.0. The molecular formula is C39H38ClF3N8O3. The number of carbonyl (C=O) groups is 3. The summed E-state index contributed by atoms with van der Waals surface area (Å²) in [5.41, 5.74) is 1.42. The Morgan fingerprint density at radius 2 is 1.72 bits per heavy atom. The second-order valence-corrected chi connectivity index (χ2v) is 14.9. The number of pyridine rings is 2. The van der Waals surface area contributed by atoms with Crippen molar-refractivity contribution >= 4 is 62.5 Å². The van der Waals surface area contributed by atoms with Gasteiger partial charge in [0.2, 0.25) is 5.91 Å². The van der Waals surface area contributed by atoms with E-state index < -0.39 is 23.8 Å². The number of alkyl halides is 3. The molecule has 0 atom stereocenters. The maximum atomic E-state index is 13.1. The molecule has 0 spiro atoms. The molecule has 3 fully saturated rings. The summed E-state index contributed by atoms with van der Waals surface area (Å²) >= 11 is 6.46. The second kappa shape index (κ2) is 14.6. The SMILES string of the molecule is O=C1CCN(c2cncc3c(C4CCN(CC5CCC(n6cc7cc(NC(=O)c8cccc(C(F)(F)F)n8)c(Cl)cc7n6)CC5)CC4)cccc23)C(=O)N1. The van der Waals surface area contributed by atoms with Gasteiger partial charge in [0.25, 0.3) is 5.91 Å². The number of nitrogens with one attached hydrogen (secondary N) is 2. The number of rotatable bonds is 7. The molecule has 15 heteroatoms. The Balaban J connectivity index is 0.857. The summed E-state index contributed by atoms with van der Waals surface area (Å²) in [6, 6.07) is 12.6. The van der Waals surface area contributed by atoms with Gasteiger partial charge in [0, 0.05) is 48.1 Å². The summed E-state index contributed by atoms with van der Waals surface area (Å²) in [6.45, 7) is 3.42. The predicted molar refractivity (Wildman–Crippen MR) is 199 cm³/mol. The van der Waals surface area contributed by atoms with Crippen molar-refractivity contribution < 1.29 is 27.6 Å². The lowest BCUT2D eigenvalue weighted by Crippen LogP contribution is -2.49. The van der Waals surface area contributed by atoms with Gasteiger partial charge in [0.15, 0.2) is 0 Å². The molecule has 2 aromatic carbocycles. The van der Waals surface area contributed by atoms with Gasteiger partial charge in [-0.05, 0) is 93.3 Å². The number of benzene rings is 2. The van der Waals surface area contributed by atoms with E-state index in [1.165, 1.54) is 11.6 Å². The minimum Gasteiger partial charge on any atom is -0.319 e. The topological polar surface area (TPSA) is 125 Å². The first-order chi connectivity index (χ1) is 26.0. The molecule has 0 bridgehead atoms. The molecule has 0 unspecified atom stereocenters. The Kier molecular flexibility index (Phi) is 9.73. The number of hydrogen-bond donors (Lipinski definition) is 2. The third kappa shape index (κ3) is 7.36. The molecule has 5 heterocycles. The first-order valence-electron chi connectivity index (χ1n) is 18.2. The number of likely N-dealkylation sites (tertiary alicyclic amines) is 1. The van der Waals surface area contributed by atoms with Crippen LogP contribution in [-0.2, 0) is 11.0 Å². The summed E-state index contributed by atoms with van der Waals surface area (Å²) in [7, 11) is 0. The average Bonchev–Trinajstić information content (AvgIpc) is 3.57. The Morgan fingerprint density at radius 3 is 2.48 bits per heavy atom.